The van der Waals surface area contributed by atoms with Crippen LogP contribution in [0.3, 0.4) is 0 Å². The summed E-state index contributed by atoms with van der Waals surface area (Å²) in [7, 11) is 3.13. The summed E-state index contributed by atoms with van der Waals surface area (Å²) in [6, 6.07) is 13.4. The molecule has 1 saturated heterocycles. The standard InChI is InChI=1S/C22H21NO5/c1-27-16-9-3-13(4-10-16)19-18(21(25)22(26)23(19)15-7-8-15)20(24)14-5-11-17(28-2)12-6-14/h3-6,9-12,15,19,24H,7-8H2,1-2H3/b20-18+. The molecule has 28 heavy (non-hydrogen) atoms. The van der Waals surface area contributed by atoms with Crippen molar-refractivity contribution in [1.29, 1.82) is 0 Å². The molecule has 2 aliphatic rings. The summed E-state index contributed by atoms with van der Waals surface area (Å²) < 4.78 is 10.3. The predicted octanol–water partition coefficient (Wildman–Crippen LogP) is 3.29. The second kappa shape index (κ2) is 7.03. The summed E-state index contributed by atoms with van der Waals surface area (Å²) in [5.74, 6) is -0.0617. The van der Waals surface area contributed by atoms with Gasteiger partial charge in [-0.15, -0.1) is 0 Å². The Bertz CT molecular complexity index is 942. The van der Waals surface area contributed by atoms with Crippen LogP contribution in [0.1, 0.15) is 30.0 Å². The van der Waals surface area contributed by atoms with Crippen LogP contribution in [0.15, 0.2) is 54.1 Å². The minimum absolute atomic E-state index is 0.0321. The van der Waals surface area contributed by atoms with E-state index in [1.807, 2.05) is 12.1 Å². The number of likely N-dealkylation sites (tertiary alicyclic amines) is 1. The van der Waals surface area contributed by atoms with Gasteiger partial charge in [-0.25, -0.2) is 0 Å². The van der Waals surface area contributed by atoms with Gasteiger partial charge in [0.1, 0.15) is 17.3 Å². The Morgan fingerprint density at radius 2 is 1.46 bits per heavy atom. The van der Waals surface area contributed by atoms with Crippen molar-refractivity contribution >= 4 is 17.4 Å². The van der Waals surface area contributed by atoms with Crippen LogP contribution in [-0.2, 0) is 9.59 Å². The maximum absolute atomic E-state index is 12.8. The Labute approximate surface area is 163 Å². The van der Waals surface area contributed by atoms with Crippen molar-refractivity contribution in [2.75, 3.05) is 14.2 Å². The number of ketones is 1. The number of ether oxygens (including phenoxy) is 2. The van der Waals surface area contributed by atoms with E-state index in [0.717, 1.165) is 18.4 Å². The highest BCUT2D eigenvalue weighted by Crippen LogP contribution is 2.45. The molecule has 1 heterocycles. The van der Waals surface area contributed by atoms with Crippen LogP contribution in [0, 0.1) is 0 Å². The van der Waals surface area contributed by atoms with E-state index in [2.05, 4.69) is 0 Å². The molecule has 1 atom stereocenters. The lowest BCUT2D eigenvalue weighted by molar-refractivity contribution is -0.140. The summed E-state index contributed by atoms with van der Waals surface area (Å²) in [5, 5.41) is 10.9. The average Bonchev–Trinajstić information content (AvgIpc) is 3.54. The molecule has 1 aliphatic carbocycles. The van der Waals surface area contributed by atoms with E-state index in [4.69, 9.17) is 9.47 Å². The van der Waals surface area contributed by atoms with Gasteiger partial charge in [-0.2, -0.15) is 0 Å². The highest BCUT2D eigenvalue weighted by atomic mass is 16.5. The van der Waals surface area contributed by atoms with Gasteiger partial charge in [0.2, 0.25) is 0 Å². The lowest BCUT2D eigenvalue weighted by atomic mass is 9.95. The molecule has 2 aromatic rings. The van der Waals surface area contributed by atoms with Crippen LogP contribution in [-0.4, -0.2) is 42.0 Å². The number of carbonyl (C=O) groups excluding carboxylic acids is 2. The van der Waals surface area contributed by atoms with Gasteiger partial charge in [0.25, 0.3) is 11.7 Å². The smallest absolute Gasteiger partial charge is 0.295 e. The highest BCUT2D eigenvalue weighted by Gasteiger charge is 2.51. The number of Topliss-reactive ketones (excluding diaryl/α,β-unsaturated/α-hetero) is 1. The second-order valence-electron chi connectivity index (χ2n) is 6.94. The number of aliphatic hydroxyl groups excluding tert-OH is 1. The monoisotopic (exact) mass is 379 g/mol. The molecule has 6 heteroatoms. The SMILES string of the molecule is COc1ccc(/C(O)=C2\C(=O)C(=O)N(C3CC3)C2c2ccc(OC)cc2)cc1. The van der Waals surface area contributed by atoms with Crippen LogP contribution in [0.5, 0.6) is 11.5 Å². The minimum atomic E-state index is -0.652. The topological polar surface area (TPSA) is 76.1 Å². The molecule has 0 aromatic heterocycles. The van der Waals surface area contributed by atoms with Crippen LogP contribution < -0.4 is 9.47 Å². The van der Waals surface area contributed by atoms with Gasteiger partial charge in [0.05, 0.1) is 25.8 Å². The van der Waals surface area contributed by atoms with Gasteiger partial charge in [0.15, 0.2) is 0 Å². The molecule has 1 unspecified atom stereocenters. The number of nitrogens with zero attached hydrogens (tertiary/aromatic N) is 1. The van der Waals surface area contributed by atoms with E-state index in [0.29, 0.717) is 17.1 Å². The summed E-state index contributed by atoms with van der Waals surface area (Å²) in [4.78, 5) is 27.2. The van der Waals surface area contributed by atoms with E-state index in [9.17, 15) is 14.7 Å². The first-order chi connectivity index (χ1) is 13.5. The molecule has 0 bridgehead atoms. The molecule has 4 rings (SSSR count). The summed E-state index contributed by atoms with van der Waals surface area (Å²) in [6.45, 7) is 0. The van der Waals surface area contributed by atoms with Crippen molar-refractivity contribution in [2.45, 2.75) is 24.9 Å². The lowest BCUT2D eigenvalue weighted by Crippen LogP contribution is -2.31. The maximum atomic E-state index is 12.8. The minimum Gasteiger partial charge on any atom is -0.507 e. The predicted molar refractivity (Wildman–Crippen MR) is 103 cm³/mol. The van der Waals surface area contributed by atoms with Crippen molar-refractivity contribution in [1.82, 2.24) is 4.90 Å². The number of hydrogen-bond donors (Lipinski definition) is 1. The Morgan fingerprint density at radius 1 is 0.929 bits per heavy atom. The van der Waals surface area contributed by atoms with Crippen molar-refractivity contribution < 1.29 is 24.2 Å². The molecule has 144 valence electrons. The Hall–Kier alpha value is -3.28. The van der Waals surface area contributed by atoms with Crippen LogP contribution in [0.2, 0.25) is 0 Å². The first-order valence-electron chi connectivity index (χ1n) is 9.13. The van der Waals surface area contributed by atoms with Gasteiger partial charge in [-0.05, 0) is 54.8 Å². The molecule has 0 radical (unpaired) electrons. The van der Waals surface area contributed by atoms with E-state index in [1.165, 1.54) is 0 Å². The normalized spacial score (nSPS) is 21.1. The van der Waals surface area contributed by atoms with Crippen molar-refractivity contribution in [3.8, 4) is 11.5 Å². The molecule has 1 saturated carbocycles. The fraction of sp³-hybridized carbons (Fsp3) is 0.273. The van der Waals surface area contributed by atoms with Crippen molar-refractivity contribution in [3.05, 3.63) is 65.2 Å². The lowest BCUT2D eigenvalue weighted by Gasteiger charge is -2.25. The zero-order valence-corrected chi connectivity index (χ0v) is 15.7. The molecular formula is C22H21NO5. The van der Waals surface area contributed by atoms with E-state index < -0.39 is 17.7 Å². The zero-order valence-electron chi connectivity index (χ0n) is 15.7. The highest BCUT2D eigenvalue weighted by molar-refractivity contribution is 6.46. The zero-order chi connectivity index (χ0) is 19.8. The number of aliphatic hydroxyl groups is 1. The van der Waals surface area contributed by atoms with Crippen molar-refractivity contribution in [3.63, 3.8) is 0 Å². The van der Waals surface area contributed by atoms with Crippen molar-refractivity contribution in [2.24, 2.45) is 0 Å². The number of rotatable bonds is 5. The summed E-state index contributed by atoms with van der Waals surface area (Å²) >= 11 is 0. The van der Waals surface area contributed by atoms with Gasteiger partial charge >= 0.3 is 0 Å². The second-order valence-corrected chi connectivity index (χ2v) is 6.94. The Kier molecular flexibility index (Phi) is 4.55. The largest absolute Gasteiger partial charge is 0.507 e. The molecule has 0 spiro atoms. The molecule has 1 amide bonds. The average molecular weight is 379 g/mol. The van der Waals surface area contributed by atoms with Crippen LogP contribution >= 0.6 is 0 Å². The molecule has 2 fully saturated rings. The molecule has 6 nitrogen and oxygen atoms in total. The van der Waals surface area contributed by atoms with Crippen LogP contribution in [0.4, 0.5) is 0 Å². The van der Waals surface area contributed by atoms with Gasteiger partial charge < -0.3 is 19.5 Å². The van der Waals surface area contributed by atoms with Gasteiger partial charge in [-0.1, -0.05) is 12.1 Å². The third-order valence-electron chi connectivity index (χ3n) is 5.22. The number of carbonyl (C=O) groups is 2. The quantitative estimate of drug-likeness (QED) is 0.490. The first-order valence-corrected chi connectivity index (χ1v) is 9.13. The number of methoxy groups -OCH3 is 2. The Balaban J connectivity index is 1.83. The van der Waals surface area contributed by atoms with E-state index in [-0.39, 0.29) is 17.4 Å². The summed E-state index contributed by atoms with van der Waals surface area (Å²) in [5.41, 5.74) is 1.35. The number of benzene rings is 2. The van der Waals surface area contributed by atoms with Gasteiger partial charge in [-0.3, -0.25) is 9.59 Å². The fourth-order valence-corrected chi connectivity index (χ4v) is 3.60. The first kappa shape index (κ1) is 18.1. The van der Waals surface area contributed by atoms with Gasteiger partial charge in [0, 0.05) is 11.6 Å². The number of amides is 1. The third kappa shape index (κ3) is 3.01. The van der Waals surface area contributed by atoms with Crippen LogP contribution in [0.25, 0.3) is 5.76 Å². The fourth-order valence-electron chi connectivity index (χ4n) is 3.60. The van der Waals surface area contributed by atoms with E-state index >= 15 is 0 Å². The summed E-state index contributed by atoms with van der Waals surface area (Å²) in [6.07, 6.45) is 1.73. The molecular weight excluding hydrogens is 358 g/mol. The van der Waals surface area contributed by atoms with E-state index in [1.54, 1.807) is 55.5 Å². The molecule has 1 N–H and O–H groups in total. The molecule has 1 aliphatic heterocycles. The Morgan fingerprint density at radius 3 is 1.96 bits per heavy atom. The molecule has 2 aromatic carbocycles. The number of hydrogen-bond acceptors (Lipinski definition) is 5. The third-order valence-corrected chi connectivity index (χ3v) is 5.22. The maximum Gasteiger partial charge on any atom is 0.295 e.